The topological polar surface area (TPSA) is 126 Å². The van der Waals surface area contributed by atoms with Crippen molar-refractivity contribution in [2.45, 2.75) is 46.1 Å². The molecule has 12 heteroatoms. The first-order chi connectivity index (χ1) is 18.3. The van der Waals surface area contributed by atoms with Crippen molar-refractivity contribution in [2.24, 2.45) is 0 Å². The van der Waals surface area contributed by atoms with E-state index in [1.165, 1.54) is 0 Å². The van der Waals surface area contributed by atoms with Crippen LogP contribution in [0.5, 0.6) is 0 Å². The summed E-state index contributed by atoms with van der Waals surface area (Å²) in [6.45, 7) is 14.3. The Morgan fingerprint density at radius 3 is 1.11 bits per heavy atom. The highest BCUT2D eigenvalue weighted by atomic mass is 16.6. The van der Waals surface area contributed by atoms with E-state index >= 15 is 0 Å². The molecular weight excluding hydrogens is 504 g/mol. The molecular formula is C26H50O12. The third-order valence-corrected chi connectivity index (χ3v) is 4.19. The SMILES string of the molecule is CCCC(=O)OCCOCCOCCOCCOCCOCCOCCOCCOCC(=O)OC(C)(C)C. The van der Waals surface area contributed by atoms with Gasteiger partial charge in [-0.25, -0.2) is 4.79 Å². The molecule has 0 bridgehead atoms. The molecule has 0 saturated carbocycles. The van der Waals surface area contributed by atoms with Gasteiger partial charge in [-0.05, 0) is 27.2 Å². The first-order valence-electron chi connectivity index (χ1n) is 13.3. The first-order valence-corrected chi connectivity index (χ1v) is 13.3. The fourth-order valence-electron chi connectivity index (χ4n) is 2.56. The minimum atomic E-state index is -0.510. The van der Waals surface area contributed by atoms with E-state index in [0.29, 0.717) is 106 Å². The Morgan fingerprint density at radius 2 is 0.789 bits per heavy atom. The molecule has 0 aliphatic rings. The third-order valence-electron chi connectivity index (χ3n) is 4.19. The predicted molar refractivity (Wildman–Crippen MR) is 138 cm³/mol. The summed E-state index contributed by atoms with van der Waals surface area (Å²) in [6.07, 6.45) is 1.22. The van der Waals surface area contributed by atoms with Gasteiger partial charge in [-0.15, -0.1) is 0 Å². The molecule has 0 amide bonds. The second-order valence-electron chi connectivity index (χ2n) is 8.90. The summed E-state index contributed by atoms with van der Waals surface area (Å²) in [5, 5.41) is 0. The van der Waals surface area contributed by atoms with Crippen LogP contribution in [0.4, 0.5) is 0 Å². The summed E-state index contributed by atoms with van der Waals surface area (Å²) in [5.41, 5.74) is -0.510. The van der Waals surface area contributed by atoms with Gasteiger partial charge in [0.15, 0.2) is 0 Å². The van der Waals surface area contributed by atoms with Crippen LogP contribution >= 0.6 is 0 Å². The van der Waals surface area contributed by atoms with Crippen molar-refractivity contribution in [3.63, 3.8) is 0 Å². The van der Waals surface area contributed by atoms with Crippen LogP contribution in [0.1, 0.15) is 40.5 Å². The van der Waals surface area contributed by atoms with Crippen LogP contribution < -0.4 is 0 Å². The molecule has 0 spiro atoms. The van der Waals surface area contributed by atoms with Gasteiger partial charge in [0, 0.05) is 6.42 Å². The van der Waals surface area contributed by atoms with Gasteiger partial charge in [0.2, 0.25) is 0 Å². The lowest BCUT2D eigenvalue weighted by molar-refractivity contribution is -0.160. The molecule has 0 fully saturated rings. The maximum absolute atomic E-state index is 11.5. The zero-order valence-electron chi connectivity index (χ0n) is 23.8. The van der Waals surface area contributed by atoms with Crippen LogP contribution in [-0.4, -0.2) is 130 Å². The maximum Gasteiger partial charge on any atom is 0.332 e. The van der Waals surface area contributed by atoms with Crippen LogP contribution in [0.3, 0.4) is 0 Å². The summed E-state index contributed by atoms with van der Waals surface area (Å²) < 4.78 is 53.1. The van der Waals surface area contributed by atoms with Crippen molar-refractivity contribution in [2.75, 3.05) is 112 Å². The van der Waals surface area contributed by atoms with Crippen molar-refractivity contribution in [1.29, 1.82) is 0 Å². The van der Waals surface area contributed by atoms with Crippen LogP contribution in [0.2, 0.25) is 0 Å². The lowest BCUT2D eigenvalue weighted by Gasteiger charge is -2.19. The highest BCUT2D eigenvalue weighted by molar-refractivity contribution is 5.71. The van der Waals surface area contributed by atoms with E-state index in [9.17, 15) is 9.59 Å². The van der Waals surface area contributed by atoms with Gasteiger partial charge in [-0.3, -0.25) is 4.79 Å². The summed E-state index contributed by atoms with van der Waals surface area (Å²) >= 11 is 0. The van der Waals surface area contributed by atoms with Crippen LogP contribution in [0.15, 0.2) is 0 Å². The van der Waals surface area contributed by atoms with Gasteiger partial charge >= 0.3 is 11.9 Å². The van der Waals surface area contributed by atoms with Gasteiger partial charge < -0.3 is 47.4 Å². The number of ether oxygens (including phenoxy) is 10. The molecule has 0 saturated heterocycles. The average molecular weight is 555 g/mol. The zero-order chi connectivity index (χ0) is 28.2. The quantitative estimate of drug-likeness (QED) is 0.103. The number of rotatable bonds is 28. The second kappa shape index (κ2) is 27.2. The van der Waals surface area contributed by atoms with Crippen molar-refractivity contribution in [1.82, 2.24) is 0 Å². The van der Waals surface area contributed by atoms with Crippen LogP contribution in [0, 0.1) is 0 Å². The summed E-state index contributed by atoms with van der Waals surface area (Å²) in [6, 6.07) is 0. The Morgan fingerprint density at radius 1 is 0.474 bits per heavy atom. The van der Waals surface area contributed by atoms with E-state index in [4.69, 9.17) is 47.4 Å². The summed E-state index contributed by atoms with van der Waals surface area (Å²) in [4.78, 5) is 22.6. The Balaban J connectivity index is 3.13. The Bertz CT molecular complexity index is 539. The highest BCUT2D eigenvalue weighted by Crippen LogP contribution is 2.06. The van der Waals surface area contributed by atoms with Crippen LogP contribution in [0.25, 0.3) is 0 Å². The molecule has 0 aromatic carbocycles. The normalized spacial score (nSPS) is 11.6. The van der Waals surface area contributed by atoms with Crippen LogP contribution in [-0.2, 0) is 57.0 Å². The molecule has 0 N–H and O–H groups in total. The van der Waals surface area contributed by atoms with Gasteiger partial charge in [0.1, 0.15) is 18.8 Å². The maximum atomic E-state index is 11.5. The van der Waals surface area contributed by atoms with Crippen molar-refractivity contribution < 1.29 is 57.0 Å². The minimum absolute atomic E-state index is 0.0838. The van der Waals surface area contributed by atoms with E-state index in [-0.39, 0.29) is 25.2 Å². The largest absolute Gasteiger partial charge is 0.463 e. The Kier molecular flexibility index (Phi) is 26.2. The first kappa shape index (κ1) is 36.6. The van der Waals surface area contributed by atoms with E-state index < -0.39 is 5.60 Å². The molecule has 0 aromatic heterocycles. The van der Waals surface area contributed by atoms with Crippen molar-refractivity contribution >= 4 is 11.9 Å². The lowest BCUT2D eigenvalue weighted by Crippen LogP contribution is -2.27. The molecule has 0 heterocycles. The fraction of sp³-hybridized carbons (Fsp3) is 0.923. The van der Waals surface area contributed by atoms with E-state index in [2.05, 4.69) is 0 Å². The minimum Gasteiger partial charge on any atom is -0.463 e. The zero-order valence-corrected chi connectivity index (χ0v) is 23.8. The fourth-order valence-corrected chi connectivity index (χ4v) is 2.56. The molecule has 226 valence electrons. The van der Waals surface area contributed by atoms with E-state index in [1.807, 2.05) is 27.7 Å². The highest BCUT2D eigenvalue weighted by Gasteiger charge is 2.15. The van der Waals surface area contributed by atoms with Gasteiger partial charge in [-0.2, -0.15) is 0 Å². The van der Waals surface area contributed by atoms with E-state index in [0.717, 1.165) is 6.42 Å². The predicted octanol–water partition coefficient (Wildman–Crippen LogP) is 1.80. The number of hydrogen-bond donors (Lipinski definition) is 0. The number of carbonyl (C=O) groups is 2. The molecule has 0 atom stereocenters. The number of carbonyl (C=O) groups excluding carboxylic acids is 2. The molecule has 0 rings (SSSR count). The van der Waals surface area contributed by atoms with Gasteiger partial charge in [-0.1, -0.05) is 6.92 Å². The third kappa shape index (κ3) is 30.8. The molecule has 0 aliphatic heterocycles. The van der Waals surface area contributed by atoms with E-state index in [1.54, 1.807) is 0 Å². The molecule has 38 heavy (non-hydrogen) atoms. The van der Waals surface area contributed by atoms with Crippen molar-refractivity contribution in [3.05, 3.63) is 0 Å². The number of hydrogen-bond acceptors (Lipinski definition) is 12. The standard InChI is InChI=1S/C26H50O12/c1-5-6-24(27)37-22-21-35-18-17-33-14-13-31-10-9-29-7-8-30-11-12-32-15-16-34-19-20-36-23-25(28)38-26(2,3)4/h5-23H2,1-4H3. The molecule has 0 aliphatic carbocycles. The number of esters is 2. The summed E-state index contributed by atoms with van der Waals surface area (Å²) in [7, 11) is 0. The second-order valence-corrected chi connectivity index (χ2v) is 8.90. The smallest absolute Gasteiger partial charge is 0.332 e. The Labute approximate surface area is 227 Å². The average Bonchev–Trinajstić information content (AvgIpc) is 2.85. The lowest BCUT2D eigenvalue weighted by atomic mass is 10.2. The molecule has 0 aromatic rings. The van der Waals surface area contributed by atoms with Gasteiger partial charge in [0.25, 0.3) is 0 Å². The van der Waals surface area contributed by atoms with Crippen molar-refractivity contribution in [3.8, 4) is 0 Å². The molecule has 0 unspecified atom stereocenters. The van der Waals surface area contributed by atoms with Gasteiger partial charge in [0.05, 0.1) is 99.1 Å². The summed E-state index contributed by atoms with van der Waals surface area (Å²) in [5.74, 6) is -0.580. The molecule has 0 radical (unpaired) electrons. The molecule has 12 nitrogen and oxygen atoms in total. The Hall–Kier alpha value is -1.38. The monoisotopic (exact) mass is 554 g/mol.